The Morgan fingerprint density at radius 3 is 2.92 bits per heavy atom. The van der Waals surface area contributed by atoms with E-state index in [1.165, 1.54) is 19.2 Å². The van der Waals surface area contributed by atoms with Crippen LogP contribution in [0, 0.1) is 0 Å². The Bertz CT molecular complexity index is 650. The van der Waals surface area contributed by atoms with E-state index in [4.69, 9.17) is 10.5 Å². The molecule has 0 spiro atoms. The van der Waals surface area contributed by atoms with E-state index in [9.17, 15) is 19.1 Å². The number of nitrogens with zero attached hydrogens (tertiary/aromatic N) is 2. The standard InChI is InChI=1S/C14H22FN5O4/c1-3-5-17-12(21)18-7-8-14(2,23)10(15)11(24-8)20-6-4-9(16)19-13(20)22/h4,6,8,10-11,23H,3,5,7H2,1-2H3,(H2,16,19,22)(H2,17,18,21)/t8-,10+,11-,14-/m1/s1. The van der Waals surface area contributed by atoms with E-state index >= 15 is 0 Å². The Labute approximate surface area is 138 Å². The predicted molar refractivity (Wildman–Crippen MR) is 84.0 cm³/mol. The van der Waals surface area contributed by atoms with Gasteiger partial charge < -0.3 is 26.2 Å². The van der Waals surface area contributed by atoms with Crippen LogP contribution in [-0.2, 0) is 4.74 Å². The first kappa shape index (κ1) is 18.1. The topological polar surface area (TPSA) is 132 Å². The van der Waals surface area contributed by atoms with Crippen LogP contribution in [0.4, 0.5) is 15.0 Å². The van der Waals surface area contributed by atoms with Gasteiger partial charge in [0, 0.05) is 19.3 Å². The molecule has 2 rings (SSSR count). The lowest BCUT2D eigenvalue weighted by atomic mass is 9.95. The molecule has 4 atom stereocenters. The maximum absolute atomic E-state index is 14.6. The molecule has 0 aromatic carbocycles. The van der Waals surface area contributed by atoms with Gasteiger partial charge in [0.25, 0.3) is 0 Å². The zero-order valence-electron chi connectivity index (χ0n) is 13.5. The van der Waals surface area contributed by atoms with Gasteiger partial charge >= 0.3 is 11.7 Å². The number of aliphatic hydroxyl groups is 1. The SMILES string of the molecule is CCCNC(=O)NC[C@H]1O[C@@H](n2ccc(N)nc2=O)[C@H](F)[C@]1(C)O. The average molecular weight is 343 g/mol. The summed E-state index contributed by atoms with van der Waals surface area (Å²) in [4.78, 5) is 26.9. The molecule has 0 bridgehead atoms. The molecule has 1 aromatic heterocycles. The lowest BCUT2D eigenvalue weighted by Crippen LogP contribution is -2.49. The summed E-state index contributed by atoms with van der Waals surface area (Å²) in [6, 6.07) is 0.886. The minimum atomic E-state index is -1.89. The molecule has 0 saturated carbocycles. The van der Waals surface area contributed by atoms with E-state index in [0.29, 0.717) is 6.54 Å². The first-order valence-corrected chi connectivity index (χ1v) is 7.65. The molecule has 1 aliphatic heterocycles. The van der Waals surface area contributed by atoms with E-state index in [1.54, 1.807) is 0 Å². The Morgan fingerprint density at radius 1 is 1.58 bits per heavy atom. The van der Waals surface area contributed by atoms with Crippen molar-refractivity contribution in [2.24, 2.45) is 0 Å². The number of amides is 2. The van der Waals surface area contributed by atoms with Crippen LogP contribution in [0.2, 0.25) is 0 Å². The van der Waals surface area contributed by atoms with E-state index in [2.05, 4.69) is 15.6 Å². The fourth-order valence-electron chi connectivity index (χ4n) is 2.41. The number of nitrogen functional groups attached to an aromatic ring is 1. The van der Waals surface area contributed by atoms with Gasteiger partial charge in [0.1, 0.15) is 17.5 Å². The van der Waals surface area contributed by atoms with Crippen molar-refractivity contribution in [1.29, 1.82) is 0 Å². The lowest BCUT2D eigenvalue weighted by molar-refractivity contribution is -0.0503. The molecular formula is C14H22FN5O4. The third-order valence-electron chi connectivity index (χ3n) is 3.87. The van der Waals surface area contributed by atoms with Gasteiger partial charge in [0.05, 0.1) is 0 Å². The highest BCUT2D eigenvalue weighted by Gasteiger charge is 2.54. The number of urea groups is 1. The minimum absolute atomic E-state index is 0.00206. The van der Waals surface area contributed by atoms with Crippen molar-refractivity contribution in [3.63, 3.8) is 0 Å². The summed E-state index contributed by atoms with van der Waals surface area (Å²) in [5.41, 5.74) is 2.73. The molecule has 5 N–H and O–H groups in total. The molecule has 1 saturated heterocycles. The third-order valence-corrected chi connectivity index (χ3v) is 3.87. The van der Waals surface area contributed by atoms with E-state index in [0.717, 1.165) is 11.0 Å². The summed E-state index contributed by atoms with van der Waals surface area (Å²) >= 11 is 0. The molecule has 24 heavy (non-hydrogen) atoms. The van der Waals surface area contributed by atoms with Crippen molar-refractivity contribution in [3.05, 3.63) is 22.7 Å². The summed E-state index contributed by atoms with van der Waals surface area (Å²) in [7, 11) is 0. The maximum Gasteiger partial charge on any atom is 0.351 e. The van der Waals surface area contributed by atoms with Gasteiger partial charge in [-0.2, -0.15) is 4.98 Å². The van der Waals surface area contributed by atoms with Crippen LogP contribution >= 0.6 is 0 Å². The number of nitrogens with two attached hydrogens (primary N) is 1. The van der Waals surface area contributed by atoms with Crippen molar-refractivity contribution in [2.75, 3.05) is 18.8 Å². The molecule has 0 radical (unpaired) electrons. The minimum Gasteiger partial charge on any atom is -0.384 e. The second-order valence-electron chi connectivity index (χ2n) is 5.82. The maximum atomic E-state index is 14.6. The molecule has 0 unspecified atom stereocenters. The first-order chi connectivity index (χ1) is 11.3. The quantitative estimate of drug-likeness (QED) is 0.571. The smallest absolute Gasteiger partial charge is 0.351 e. The van der Waals surface area contributed by atoms with Crippen LogP contribution in [0.1, 0.15) is 26.5 Å². The first-order valence-electron chi connectivity index (χ1n) is 7.65. The number of rotatable bonds is 5. The van der Waals surface area contributed by atoms with Crippen LogP contribution < -0.4 is 22.1 Å². The second-order valence-corrected chi connectivity index (χ2v) is 5.82. The second kappa shape index (κ2) is 7.14. The van der Waals surface area contributed by atoms with Gasteiger partial charge in [0.2, 0.25) is 0 Å². The fraction of sp³-hybridized carbons (Fsp3) is 0.643. The van der Waals surface area contributed by atoms with Crippen LogP contribution in [0.15, 0.2) is 17.1 Å². The number of alkyl halides is 1. The van der Waals surface area contributed by atoms with Gasteiger partial charge in [-0.3, -0.25) is 4.57 Å². The molecule has 2 amide bonds. The van der Waals surface area contributed by atoms with Crippen LogP contribution in [0.3, 0.4) is 0 Å². The fourth-order valence-corrected chi connectivity index (χ4v) is 2.41. The summed E-state index contributed by atoms with van der Waals surface area (Å²) in [5.74, 6) is 0.00206. The van der Waals surface area contributed by atoms with Crippen LogP contribution in [-0.4, -0.2) is 51.7 Å². The van der Waals surface area contributed by atoms with Gasteiger partial charge in [-0.15, -0.1) is 0 Å². The summed E-state index contributed by atoms with van der Waals surface area (Å²) in [5, 5.41) is 15.5. The number of ether oxygens (including phenoxy) is 1. The van der Waals surface area contributed by atoms with Gasteiger partial charge in [-0.05, 0) is 19.4 Å². The molecular weight excluding hydrogens is 321 g/mol. The molecule has 1 fully saturated rings. The molecule has 0 aliphatic carbocycles. The van der Waals surface area contributed by atoms with Gasteiger partial charge in [0.15, 0.2) is 12.4 Å². The van der Waals surface area contributed by atoms with E-state index < -0.39 is 35.8 Å². The Balaban J connectivity index is 2.10. The molecule has 134 valence electrons. The average Bonchev–Trinajstić information content (AvgIpc) is 2.74. The number of hydrogen-bond donors (Lipinski definition) is 4. The highest BCUT2D eigenvalue weighted by Crippen LogP contribution is 2.38. The lowest BCUT2D eigenvalue weighted by Gasteiger charge is -2.25. The summed E-state index contributed by atoms with van der Waals surface area (Å²) < 4.78 is 21.0. The van der Waals surface area contributed by atoms with Crippen molar-refractivity contribution in [3.8, 4) is 0 Å². The number of nitrogens with one attached hydrogen (secondary N) is 2. The molecule has 2 heterocycles. The number of halogens is 1. The predicted octanol–water partition coefficient (Wildman–Crippen LogP) is -0.479. The van der Waals surface area contributed by atoms with Crippen molar-refractivity contribution in [1.82, 2.24) is 20.2 Å². The van der Waals surface area contributed by atoms with E-state index in [-0.39, 0.29) is 12.4 Å². The third kappa shape index (κ3) is 3.65. The Hall–Kier alpha value is -2.20. The summed E-state index contributed by atoms with van der Waals surface area (Å²) in [6.45, 7) is 3.54. The number of carbonyl (C=O) groups is 1. The Kier molecular flexibility index (Phi) is 5.40. The zero-order chi connectivity index (χ0) is 17.9. The highest BCUT2D eigenvalue weighted by molar-refractivity contribution is 5.73. The number of anilines is 1. The molecule has 10 heteroatoms. The van der Waals surface area contributed by atoms with Crippen molar-refractivity contribution in [2.45, 2.75) is 44.4 Å². The monoisotopic (exact) mass is 343 g/mol. The van der Waals surface area contributed by atoms with Crippen LogP contribution in [0.5, 0.6) is 0 Å². The normalized spacial score (nSPS) is 29.4. The molecule has 1 aliphatic rings. The largest absolute Gasteiger partial charge is 0.384 e. The molecule has 9 nitrogen and oxygen atoms in total. The number of aromatic nitrogens is 2. The highest BCUT2D eigenvalue weighted by atomic mass is 19.1. The zero-order valence-corrected chi connectivity index (χ0v) is 13.5. The molecule has 1 aromatic rings. The van der Waals surface area contributed by atoms with Gasteiger partial charge in [-0.25, -0.2) is 14.0 Å². The van der Waals surface area contributed by atoms with Crippen molar-refractivity contribution < 1.29 is 19.0 Å². The number of carbonyl (C=O) groups excluding carboxylic acids is 1. The van der Waals surface area contributed by atoms with Crippen molar-refractivity contribution >= 4 is 11.8 Å². The van der Waals surface area contributed by atoms with Gasteiger partial charge in [-0.1, -0.05) is 6.92 Å². The number of hydrogen-bond acceptors (Lipinski definition) is 6. The van der Waals surface area contributed by atoms with Crippen LogP contribution in [0.25, 0.3) is 0 Å². The van der Waals surface area contributed by atoms with E-state index in [1.807, 2.05) is 6.92 Å². The summed E-state index contributed by atoms with van der Waals surface area (Å²) in [6.07, 6.45) is -2.25. The Morgan fingerprint density at radius 2 is 2.29 bits per heavy atom.